The quantitative estimate of drug-likeness (QED) is 0.745. The summed E-state index contributed by atoms with van der Waals surface area (Å²) in [4.78, 5) is 0. The molecule has 1 atom stereocenters. The van der Waals surface area contributed by atoms with E-state index in [-0.39, 0.29) is 11.1 Å². The van der Waals surface area contributed by atoms with Crippen LogP contribution in [-0.4, -0.2) is 11.1 Å². The van der Waals surface area contributed by atoms with Gasteiger partial charge in [-0.3, -0.25) is 0 Å². The molecule has 25 heavy (non-hydrogen) atoms. The average Bonchev–Trinajstić information content (AvgIpc) is 2.53. The molecule has 0 amide bonds. The summed E-state index contributed by atoms with van der Waals surface area (Å²) in [5.41, 5.74) is 3.07. The highest BCUT2D eigenvalue weighted by Crippen LogP contribution is 2.15. The Labute approximate surface area is 155 Å². The standard InChI is InChI=1S/C12H19N.C11H17N/c1-10(13-12(2,3)4)11-8-6-5-7-9-11;1-11(2,3)12-9-10-7-5-4-6-8-10/h5-10,13H,1-4H3;4-8,12H,9H2,1-3H3/t10-;/m0./s1. The average molecular weight is 341 g/mol. The Hall–Kier alpha value is -1.64. The van der Waals surface area contributed by atoms with Crippen molar-refractivity contribution in [2.24, 2.45) is 0 Å². The largest absolute Gasteiger partial charge is 0.308 e. The van der Waals surface area contributed by atoms with Crippen molar-refractivity contribution < 1.29 is 0 Å². The zero-order chi connectivity index (χ0) is 18.9. The SMILES string of the molecule is CC(C)(C)NCc1ccccc1.C[C@H](NC(C)(C)C)c1ccccc1. The van der Waals surface area contributed by atoms with Crippen molar-refractivity contribution in [2.75, 3.05) is 0 Å². The van der Waals surface area contributed by atoms with Crippen molar-refractivity contribution in [3.05, 3.63) is 71.8 Å². The summed E-state index contributed by atoms with van der Waals surface area (Å²) < 4.78 is 0. The Morgan fingerprint density at radius 1 is 0.720 bits per heavy atom. The normalized spacial score (nSPS) is 12.9. The van der Waals surface area contributed by atoms with Gasteiger partial charge in [-0.25, -0.2) is 0 Å². The van der Waals surface area contributed by atoms with Crippen LogP contribution in [-0.2, 0) is 6.54 Å². The molecule has 0 heterocycles. The highest BCUT2D eigenvalue weighted by molar-refractivity contribution is 5.18. The van der Waals surface area contributed by atoms with Gasteiger partial charge in [0.25, 0.3) is 0 Å². The van der Waals surface area contributed by atoms with E-state index in [1.165, 1.54) is 11.1 Å². The number of rotatable bonds is 4. The minimum Gasteiger partial charge on any atom is -0.308 e. The first-order valence-corrected chi connectivity index (χ1v) is 9.18. The maximum absolute atomic E-state index is 3.54. The Bertz CT molecular complexity index is 577. The Kier molecular flexibility index (Phi) is 8.34. The lowest BCUT2D eigenvalue weighted by Gasteiger charge is -2.26. The van der Waals surface area contributed by atoms with Crippen molar-refractivity contribution in [2.45, 2.75) is 72.1 Å². The van der Waals surface area contributed by atoms with Crippen molar-refractivity contribution in [1.29, 1.82) is 0 Å². The molecule has 0 aliphatic heterocycles. The minimum atomic E-state index is 0.176. The predicted octanol–water partition coefficient (Wildman–Crippen LogP) is 5.71. The van der Waals surface area contributed by atoms with E-state index in [1.807, 2.05) is 12.1 Å². The minimum absolute atomic E-state index is 0.176. The van der Waals surface area contributed by atoms with Gasteiger partial charge < -0.3 is 10.6 Å². The zero-order valence-corrected chi connectivity index (χ0v) is 17.1. The van der Waals surface area contributed by atoms with E-state index in [0.717, 1.165) is 6.54 Å². The first kappa shape index (κ1) is 21.4. The van der Waals surface area contributed by atoms with E-state index < -0.39 is 0 Å². The number of hydrogen-bond donors (Lipinski definition) is 2. The van der Waals surface area contributed by atoms with Crippen LogP contribution in [0.15, 0.2) is 60.7 Å². The smallest absolute Gasteiger partial charge is 0.0296 e. The topological polar surface area (TPSA) is 24.1 Å². The maximum Gasteiger partial charge on any atom is 0.0296 e. The van der Waals surface area contributed by atoms with Crippen molar-refractivity contribution >= 4 is 0 Å². The molecule has 138 valence electrons. The molecule has 2 nitrogen and oxygen atoms in total. The van der Waals surface area contributed by atoms with Crippen LogP contribution in [0.3, 0.4) is 0 Å². The van der Waals surface area contributed by atoms with Gasteiger partial charge in [0.1, 0.15) is 0 Å². The third-order valence-corrected chi connectivity index (χ3v) is 3.61. The molecule has 0 aliphatic carbocycles. The fourth-order valence-corrected chi connectivity index (χ4v) is 2.44. The molecule has 0 fully saturated rings. The molecule has 0 radical (unpaired) electrons. The Morgan fingerprint density at radius 3 is 1.64 bits per heavy atom. The van der Waals surface area contributed by atoms with Gasteiger partial charge in [-0.2, -0.15) is 0 Å². The molecule has 0 spiro atoms. The second-order valence-electron chi connectivity index (χ2n) is 8.62. The molecule has 2 N–H and O–H groups in total. The monoisotopic (exact) mass is 340 g/mol. The third-order valence-electron chi connectivity index (χ3n) is 3.61. The summed E-state index contributed by atoms with van der Waals surface area (Å²) in [5.74, 6) is 0. The van der Waals surface area contributed by atoms with E-state index >= 15 is 0 Å². The van der Waals surface area contributed by atoms with Crippen molar-refractivity contribution in [1.82, 2.24) is 10.6 Å². The summed E-state index contributed by atoms with van der Waals surface area (Å²) in [6.45, 7) is 16.2. The van der Waals surface area contributed by atoms with Crippen LogP contribution < -0.4 is 10.6 Å². The molecule has 0 aliphatic rings. The van der Waals surface area contributed by atoms with Crippen LogP contribution in [0.2, 0.25) is 0 Å². The lowest BCUT2D eigenvalue weighted by Crippen LogP contribution is -2.37. The van der Waals surface area contributed by atoms with Gasteiger partial charge in [0, 0.05) is 23.7 Å². The molecule has 2 heteroatoms. The van der Waals surface area contributed by atoms with Gasteiger partial charge in [-0.1, -0.05) is 60.7 Å². The summed E-state index contributed by atoms with van der Waals surface area (Å²) >= 11 is 0. The van der Waals surface area contributed by atoms with E-state index in [9.17, 15) is 0 Å². The zero-order valence-electron chi connectivity index (χ0n) is 17.1. The summed E-state index contributed by atoms with van der Waals surface area (Å²) in [6.07, 6.45) is 0. The van der Waals surface area contributed by atoms with E-state index in [0.29, 0.717) is 6.04 Å². The van der Waals surface area contributed by atoms with Crippen LogP contribution in [0.4, 0.5) is 0 Å². The molecule has 0 aromatic heterocycles. The second-order valence-corrected chi connectivity index (χ2v) is 8.62. The molecular formula is C23H36N2. The van der Waals surface area contributed by atoms with Gasteiger partial charge in [-0.05, 0) is 59.6 Å². The highest BCUT2D eigenvalue weighted by atomic mass is 15.0. The molecule has 2 rings (SSSR count). The van der Waals surface area contributed by atoms with E-state index in [4.69, 9.17) is 0 Å². The van der Waals surface area contributed by atoms with Gasteiger partial charge >= 0.3 is 0 Å². The molecular weight excluding hydrogens is 304 g/mol. The van der Waals surface area contributed by atoms with Gasteiger partial charge in [0.15, 0.2) is 0 Å². The fourth-order valence-electron chi connectivity index (χ4n) is 2.44. The third kappa shape index (κ3) is 10.8. The van der Waals surface area contributed by atoms with Crippen molar-refractivity contribution in [3.8, 4) is 0 Å². The molecule has 0 unspecified atom stereocenters. The molecule has 2 aromatic rings. The number of nitrogens with one attached hydrogen (secondary N) is 2. The van der Waals surface area contributed by atoms with Crippen LogP contribution in [0.1, 0.15) is 65.6 Å². The summed E-state index contributed by atoms with van der Waals surface area (Å²) in [6, 6.07) is 21.4. The fraction of sp³-hybridized carbons (Fsp3) is 0.478. The number of hydrogen-bond acceptors (Lipinski definition) is 2. The summed E-state index contributed by atoms with van der Waals surface area (Å²) in [5, 5.41) is 6.97. The lowest BCUT2D eigenvalue weighted by molar-refractivity contribution is 0.378. The second kappa shape index (κ2) is 9.74. The van der Waals surface area contributed by atoms with E-state index in [2.05, 4.69) is 108 Å². The maximum atomic E-state index is 3.54. The van der Waals surface area contributed by atoms with Gasteiger partial charge in [0.2, 0.25) is 0 Å². The van der Waals surface area contributed by atoms with Crippen LogP contribution in [0, 0.1) is 0 Å². The van der Waals surface area contributed by atoms with E-state index in [1.54, 1.807) is 0 Å². The highest BCUT2D eigenvalue weighted by Gasteiger charge is 2.14. The van der Waals surface area contributed by atoms with Crippen LogP contribution in [0.25, 0.3) is 0 Å². The van der Waals surface area contributed by atoms with Gasteiger partial charge in [0.05, 0.1) is 0 Å². The Balaban J connectivity index is 0.000000251. The molecule has 0 bridgehead atoms. The molecule has 0 saturated heterocycles. The van der Waals surface area contributed by atoms with Crippen LogP contribution in [0.5, 0.6) is 0 Å². The Morgan fingerprint density at radius 2 is 1.20 bits per heavy atom. The summed E-state index contributed by atoms with van der Waals surface area (Å²) in [7, 11) is 0. The number of benzene rings is 2. The predicted molar refractivity (Wildman–Crippen MR) is 111 cm³/mol. The lowest BCUT2D eigenvalue weighted by atomic mass is 10.0. The molecule has 2 aromatic carbocycles. The van der Waals surface area contributed by atoms with Crippen molar-refractivity contribution in [3.63, 3.8) is 0 Å². The molecule has 0 saturated carbocycles. The first-order valence-electron chi connectivity index (χ1n) is 9.18. The first-order chi connectivity index (χ1) is 11.6. The van der Waals surface area contributed by atoms with Gasteiger partial charge in [-0.15, -0.1) is 0 Å². The van der Waals surface area contributed by atoms with Crippen LogP contribution >= 0.6 is 0 Å².